The van der Waals surface area contributed by atoms with Crippen LogP contribution in [0.3, 0.4) is 0 Å². The Morgan fingerprint density at radius 1 is 0.871 bits per heavy atom. The van der Waals surface area contributed by atoms with Crippen molar-refractivity contribution >= 4 is 0 Å². The van der Waals surface area contributed by atoms with Gasteiger partial charge >= 0.3 is 0 Å². The zero-order valence-corrected chi connectivity index (χ0v) is 17.3. The van der Waals surface area contributed by atoms with E-state index in [9.17, 15) is 13.2 Å². The summed E-state index contributed by atoms with van der Waals surface area (Å²) in [5.74, 6) is -1.52. The number of allylic oxidation sites excluding steroid dienone is 1. The Bertz CT molecular complexity index is 1050. The van der Waals surface area contributed by atoms with Gasteiger partial charge in [-0.2, -0.15) is 0 Å². The highest BCUT2D eigenvalue weighted by Gasteiger charge is 2.24. The van der Waals surface area contributed by atoms with Crippen LogP contribution in [0.25, 0.3) is 22.3 Å². The summed E-state index contributed by atoms with van der Waals surface area (Å²) < 4.78 is 48.3. The van der Waals surface area contributed by atoms with Crippen molar-refractivity contribution in [1.29, 1.82) is 0 Å². The van der Waals surface area contributed by atoms with Crippen molar-refractivity contribution in [2.75, 3.05) is 6.61 Å². The van der Waals surface area contributed by atoms with Gasteiger partial charge in [-0.15, -0.1) is 6.58 Å². The van der Waals surface area contributed by atoms with Crippen LogP contribution < -0.4 is 0 Å². The van der Waals surface area contributed by atoms with Crippen LogP contribution in [-0.4, -0.2) is 6.61 Å². The van der Waals surface area contributed by atoms with Gasteiger partial charge in [0.15, 0.2) is 11.6 Å². The molecule has 0 radical (unpaired) electrons. The van der Waals surface area contributed by atoms with E-state index in [2.05, 4.69) is 6.58 Å². The molecule has 0 spiro atoms. The van der Waals surface area contributed by atoms with Gasteiger partial charge in [0.1, 0.15) is 5.82 Å². The summed E-state index contributed by atoms with van der Waals surface area (Å²) in [7, 11) is 0. The first-order valence-corrected chi connectivity index (χ1v) is 10.6. The number of benzene rings is 3. The molecule has 1 saturated heterocycles. The van der Waals surface area contributed by atoms with Gasteiger partial charge in [0.05, 0.1) is 12.7 Å². The highest BCUT2D eigenvalue weighted by Crippen LogP contribution is 2.35. The van der Waals surface area contributed by atoms with Crippen LogP contribution in [0, 0.1) is 23.4 Å². The monoisotopic (exact) mass is 422 g/mol. The molecule has 1 heterocycles. The van der Waals surface area contributed by atoms with Gasteiger partial charge in [0.2, 0.25) is 0 Å². The average molecular weight is 422 g/mol. The van der Waals surface area contributed by atoms with E-state index in [1.807, 2.05) is 12.1 Å². The Balaban J connectivity index is 1.48. The van der Waals surface area contributed by atoms with Crippen molar-refractivity contribution < 1.29 is 17.9 Å². The molecule has 0 aliphatic carbocycles. The van der Waals surface area contributed by atoms with Crippen molar-refractivity contribution in [2.24, 2.45) is 5.92 Å². The smallest absolute Gasteiger partial charge is 0.166 e. The van der Waals surface area contributed by atoms with Crippen LogP contribution in [0.5, 0.6) is 0 Å². The van der Waals surface area contributed by atoms with Crippen LogP contribution in [0.1, 0.15) is 37.4 Å². The van der Waals surface area contributed by atoms with Gasteiger partial charge < -0.3 is 4.74 Å². The Morgan fingerprint density at radius 3 is 2.29 bits per heavy atom. The fourth-order valence-electron chi connectivity index (χ4n) is 4.17. The summed E-state index contributed by atoms with van der Waals surface area (Å²) in [6, 6.07) is 16.3. The Morgan fingerprint density at radius 2 is 1.61 bits per heavy atom. The first-order chi connectivity index (χ1) is 15.1. The molecule has 1 aliphatic rings. The third kappa shape index (κ3) is 4.75. The van der Waals surface area contributed by atoms with E-state index in [1.165, 1.54) is 18.2 Å². The molecule has 2 atom stereocenters. The summed E-state index contributed by atoms with van der Waals surface area (Å²) in [4.78, 5) is 0. The van der Waals surface area contributed by atoms with Crippen molar-refractivity contribution in [3.8, 4) is 22.3 Å². The second-order valence-electron chi connectivity index (χ2n) is 8.05. The van der Waals surface area contributed by atoms with Crippen molar-refractivity contribution in [3.05, 3.63) is 96.3 Å². The molecule has 31 heavy (non-hydrogen) atoms. The summed E-state index contributed by atoms with van der Waals surface area (Å²) in [5.41, 5.74) is 2.89. The fourth-order valence-corrected chi connectivity index (χ4v) is 4.17. The normalized spacial score (nSPS) is 18.7. The van der Waals surface area contributed by atoms with E-state index in [0.29, 0.717) is 23.7 Å². The second kappa shape index (κ2) is 9.52. The summed E-state index contributed by atoms with van der Waals surface area (Å²) >= 11 is 0. The molecule has 0 bridgehead atoms. The molecule has 2 unspecified atom stereocenters. The maximum absolute atomic E-state index is 14.9. The zero-order chi connectivity index (χ0) is 21.8. The molecule has 3 aromatic rings. The van der Waals surface area contributed by atoms with E-state index in [0.717, 1.165) is 42.9 Å². The Hall–Kier alpha value is -2.85. The van der Waals surface area contributed by atoms with E-state index in [4.69, 9.17) is 4.74 Å². The molecule has 0 N–H and O–H groups in total. The molecular formula is C27H25F3O. The van der Waals surface area contributed by atoms with Crippen molar-refractivity contribution in [3.63, 3.8) is 0 Å². The lowest BCUT2D eigenvalue weighted by molar-refractivity contribution is -0.0207. The van der Waals surface area contributed by atoms with Crippen molar-refractivity contribution in [2.45, 2.75) is 31.8 Å². The minimum absolute atomic E-state index is 0.203. The van der Waals surface area contributed by atoms with Gasteiger partial charge in [-0.3, -0.25) is 0 Å². The van der Waals surface area contributed by atoms with Crippen LogP contribution in [0.2, 0.25) is 0 Å². The number of ether oxygens (including phenoxy) is 1. The van der Waals surface area contributed by atoms with Crippen LogP contribution in [0.15, 0.2) is 73.3 Å². The number of hydrogen-bond donors (Lipinski definition) is 0. The third-order valence-corrected chi connectivity index (χ3v) is 5.98. The first-order valence-electron chi connectivity index (χ1n) is 10.6. The fraction of sp³-hybridized carbons (Fsp3) is 0.259. The molecule has 3 aromatic carbocycles. The Kier molecular flexibility index (Phi) is 6.57. The zero-order valence-electron chi connectivity index (χ0n) is 17.3. The molecule has 0 aromatic heterocycles. The molecule has 1 nitrogen and oxygen atoms in total. The van der Waals surface area contributed by atoms with Gasteiger partial charge in [-0.1, -0.05) is 54.6 Å². The summed E-state index contributed by atoms with van der Waals surface area (Å²) in [6.45, 7) is 4.41. The summed E-state index contributed by atoms with van der Waals surface area (Å²) in [5, 5.41) is 0. The van der Waals surface area contributed by atoms with E-state index >= 15 is 0 Å². The van der Waals surface area contributed by atoms with E-state index in [1.54, 1.807) is 30.3 Å². The quantitative estimate of drug-likeness (QED) is 0.367. The van der Waals surface area contributed by atoms with Crippen molar-refractivity contribution in [1.82, 2.24) is 0 Å². The van der Waals surface area contributed by atoms with Gasteiger partial charge in [-0.25, -0.2) is 13.2 Å². The highest BCUT2D eigenvalue weighted by molar-refractivity contribution is 5.71. The molecule has 160 valence electrons. The van der Waals surface area contributed by atoms with Gasteiger partial charge in [0.25, 0.3) is 0 Å². The van der Waals surface area contributed by atoms with Crippen LogP contribution in [0.4, 0.5) is 13.2 Å². The molecule has 0 amide bonds. The maximum atomic E-state index is 14.9. The SMILES string of the molecule is C=CCCC1CCC(c2ccc(-c3ccc(-c4cccc(F)c4F)cc3)cc2F)OC1. The topological polar surface area (TPSA) is 9.23 Å². The van der Waals surface area contributed by atoms with Gasteiger partial charge in [-0.05, 0) is 60.4 Å². The summed E-state index contributed by atoms with van der Waals surface area (Å²) in [6.07, 6.45) is 5.59. The predicted molar refractivity (Wildman–Crippen MR) is 118 cm³/mol. The number of hydrogen-bond acceptors (Lipinski definition) is 1. The van der Waals surface area contributed by atoms with Crippen LogP contribution >= 0.6 is 0 Å². The first kappa shape index (κ1) is 21.4. The van der Waals surface area contributed by atoms with E-state index in [-0.39, 0.29) is 17.5 Å². The Labute approximate surface area is 181 Å². The molecule has 1 aliphatic heterocycles. The second-order valence-corrected chi connectivity index (χ2v) is 8.05. The minimum Gasteiger partial charge on any atom is -0.373 e. The number of rotatable bonds is 6. The minimum atomic E-state index is -0.879. The lowest BCUT2D eigenvalue weighted by Crippen LogP contribution is -2.21. The lowest BCUT2D eigenvalue weighted by Gasteiger charge is -2.29. The predicted octanol–water partition coefficient (Wildman–Crippen LogP) is 7.87. The lowest BCUT2D eigenvalue weighted by atomic mass is 9.90. The highest BCUT2D eigenvalue weighted by atomic mass is 19.2. The average Bonchev–Trinajstić information content (AvgIpc) is 2.80. The molecule has 4 rings (SSSR count). The maximum Gasteiger partial charge on any atom is 0.166 e. The molecular weight excluding hydrogens is 397 g/mol. The molecule has 4 heteroatoms. The standard InChI is InChI=1S/C27H25F3O/c1-2-3-5-18-8-15-26(31-17-18)23-14-13-21(16-25(23)29)19-9-11-20(12-10-19)22-6-4-7-24(28)27(22)30/h2,4,6-7,9-14,16,18,26H,1,3,5,8,15,17H2. The largest absolute Gasteiger partial charge is 0.373 e. The van der Waals surface area contributed by atoms with E-state index < -0.39 is 11.6 Å². The van der Waals surface area contributed by atoms with Crippen LogP contribution in [-0.2, 0) is 4.74 Å². The molecule has 1 fully saturated rings. The third-order valence-electron chi connectivity index (χ3n) is 5.98. The number of halogens is 3. The molecule has 0 saturated carbocycles. The van der Waals surface area contributed by atoms with Gasteiger partial charge in [0, 0.05) is 11.1 Å².